The molecular formula is C17H26N2OSi. The molecule has 21 heavy (non-hydrogen) atoms. The molecule has 0 amide bonds. The summed E-state index contributed by atoms with van der Waals surface area (Å²) < 4.78 is 2.39. The second kappa shape index (κ2) is 5.76. The number of aromatic nitrogens is 2. The fourth-order valence-corrected chi connectivity index (χ4v) is 10.9. The van der Waals surface area contributed by atoms with Crippen molar-refractivity contribution in [3.63, 3.8) is 0 Å². The van der Waals surface area contributed by atoms with Crippen LogP contribution in [0.5, 0.6) is 0 Å². The van der Waals surface area contributed by atoms with E-state index in [2.05, 4.69) is 57.0 Å². The Hall–Kier alpha value is -1.42. The summed E-state index contributed by atoms with van der Waals surface area (Å²) >= 11 is 0. The van der Waals surface area contributed by atoms with Gasteiger partial charge in [0.1, 0.15) is 5.65 Å². The molecule has 2 heterocycles. The van der Waals surface area contributed by atoms with Gasteiger partial charge in [0, 0.05) is 23.3 Å². The predicted octanol–water partition coefficient (Wildman–Crippen LogP) is 4.87. The van der Waals surface area contributed by atoms with Crippen molar-refractivity contribution in [3.8, 4) is 0 Å². The highest BCUT2D eigenvalue weighted by molar-refractivity contribution is 6.82. The molecule has 4 heteroatoms. The third-order valence-corrected chi connectivity index (χ3v) is 11.6. The van der Waals surface area contributed by atoms with Gasteiger partial charge in [-0.1, -0.05) is 41.5 Å². The summed E-state index contributed by atoms with van der Waals surface area (Å²) in [5, 5.41) is 0.978. The average molecular weight is 302 g/mol. The van der Waals surface area contributed by atoms with Crippen molar-refractivity contribution in [3.05, 3.63) is 30.1 Å². The first-order valence-corrected chi connectivity index (χ1v) is 9.97. The molecule has 3 nitrogen and oxygen atoms in total. The van der Waals surface area contributed by atoms with Gasteiger partial charge in [-0.2, -0.15) is 0 Å². The number of hydrogen-bond acceptors (Lipinski definition) is 2. The Morgan fingerprint density at radius 1 is 1.10 bits per heavy atom. The van der Waals surface area contributed by atoms with Crippen LogP contribution < -0.4 is 0 Å². The maximum Gasteiger partial charge on any atom is 0.171 e. The summed E-state index contributed by atoms with van der Waals surface area (Å²) in [6.45, 7) is 13.9. The maximum absolute atomic E-state index is 11.4. The molecule has 0 saturated carbocycles. The fourth-order valence-electron chi connectivity index (χ4n) is 4.31. The van der Waals surface area contributed by atoms with E-state index in [1.165, 1.54) is 0 Å². The van der Waals surface area contributed by atoms with E-state index in [4.69, 9.17) is 0 Å². The molecule has 2 aromatic rings. The molecule has 0 aliphatic rings. The molecule has 2 rings (SSSR count). The van der Waals surface area contributed by atoms with E-state index in [1.54, 1.807) is 0 Å². The van der Waals surface area contributed by atoms with Crippen molar-refractivity contribution in [2.45, 2.75) is 58.2 Å². The van der Waals surface area contributed by atoms with Gasteiger partial charge in [0.25, 0.3) is 0 Å². The predicted molar refractivity (Wildman–Crippen MR) is 91.6 cm³/mol. The van der Waals surface area contributed by atoms with Gasteiger partial charge in [-0.15, -0.1) is 0 Å². The molecule has 0 atom stereocenters. The zero-order valence-electron chi connectivity index (χ0n) is 13.9. The highest BCUT2D eigenvalue weighted by Crippen LogP contribution is 2.44. The first-order chi connectivity index (χ1) is 9.87. The second-order valence-electron chi connectivity index (χ2n) is 6.80. The molecule has 2 aromatic heterocycles. The number of nitrogens with zero attached hydrogens (tertiary/aromatic N) is 2. The van der Waals surface area contributed by atoms with Crippen LogP contribution in [0.25, 0.3) is 11.0 Å². The van der Waals surface area contributed by atoms with Gasteiger partial charge in [0.15, 0.2) is 14.5 Å². The standard InChI is InChI=1S/C17H26N2OSi/c1-12(2)21(13(3)4,14(5)6)19-10-15(11-20)16-8-7-9-18-17(16)19/h7-14H,1-6H3. The number of aldehydes is 1. The van der Waals surface area contributed by atoms with Gasteiger partial charge < -0.3 is 4.23 Å². The van der Waals surface area contributed by atoms with Crippen LogP contribution in [0.1, 0.15) is 51.9 Å². The highest BCUT2D eigenvalue weighted by atomic mass is 28.3. The van der Waals surface area contributed by atoms with Crippen LogP contribution in [0.4, 0.5) is 0 Å². The van der Waals surface area contributed by atoms with Gasteiger partial charge in [-0.05, 0) is 28.8 Å². The Kier molecular flexibility index (Phi) is 4.37. The highest BCUT2D eigenvalue weighted by Gasteiger charge is 2.46. The van der Waals surface area contributed by atoms with Gasteiger partial charge >= 0.3 is 0 Å². The van der Waals surface area contributed by atoms with Crippen LogP contribution in [-0.2, 0) is 0 Å². The minimum absolute atomic E-state index is 0.578. The number of rotatable bonds is 5. The zero-order chi connectivity index (χ0) is 15.8. The van der Waals surface area contributed by atoms with Crippen molar-refractivity contribution in [1.82, 2.24) is 9.22 Å². The Bertz CT molecular complexity index is 622. The van der Waals surface area contributed by atoms with Crippen LogP contribution in [0.15, 0.2) is 24.5 Å². The third kappa shape index (κ3) is 2.26. The first kappa shape index (κ1) is 16.0. The molecule has 0 radical (unpaired) electrons. The third-order valence-electron chi connectivity index (χ3n) is 4.91. The Morgan fingerprint density at radius 2 is 1.67 bits per heavy atom. The van der Waals surface area contributed by atoms with E-state index < -0.39 is 8.24 Å². The fraction of sp³-hybridized carbons (Fsp3) is 0.529. The van der Waals surface area contributed by atoms with Gasteiger partial charge in [0.05, 0.1) is 0 Å². The number of hydrogen-bond donors (Lipinski definition) is 0. The largest absolute Gasteiger partial charge is 0.358 e. The van der Waals surface area contributed by atoms with Gasteiger partial charge in [0.2, 0.25) is 0 Å². The van der Waals surface area contributed by atoms with Crippen molar-refractivity contribution in [1.29, 1.82) is 0 Å². The Labute approximate surface area is 128 Å². The summed E-state index contributed by atoms with van der Waals surface area (Å²) in [5.41, 5.74) is 3.47. The second-order valence-corrected chi connectivity index (χ2v) is 12.5. The van der Waals surface area contributed by atoms with Crippen LogP contribution in [0.2, 0.25) is 16.6 Å². The monoisotopic (exact) mass is 302 g/mol. The molecule has 0 aliphatic heterocycles. The van der Waals surface area contributed by atoms with Crippen molar-refractivity contribution >= 4 is 25.6 Å². The van der Waals surface area contributed by atoms with Crippen LogP contribution in [-0.4, -0.2) is 23.7 Å². The van der Waals surface area contributed by atoms with E-state index in [0.717, 1.165) is 22.9 Å². The topological polar surface area (TPSA) is 34.9 Å². The van der Waals surface area contributed by atoms with Crippen molar-refractivity contribution < 1.29 is 4.79 Å². The number of carbonyl (C=O) groups excluding carboxylic acids is 1. The summed E-state index contributed by atoms with van der Waals surface area (Å²) in [6.07, 6.45) is 4.84. The summed E-state index contributed by atoms with van der Waals surface area (Å²) in [6, 6.07) is 3.91. The number of pyridine rings is 1. The molecular weight excluding hydrogens is 276 g/mol. The van der Waals surface area contributed by atoms with E-state index in [1.807, 2.05) is 18.3 Å². The molecule has 114 valence electrons. The number of carbonyl (C=O) groups is 1. The summed E-state index contributed by atoms with van der Waals surface area (Å²) in [4.78, 5) is 16.0. The normalized spacial score (nSPS) is 12.8. The maximum atomic E-state index is 11.4. The van der Waals surface area contributed by atoms with Crippen LogP contribution in [0.3, 0.4) is 0 Å². The minimum atomic E-state index is -1.87. The zero-order valence-corrected chi connectivity index (χ0v) is 14.9. The SMILES string of the molecule is CC(C)[Si](C(C)C)(C(C)C)n1cc(C=O)c2cccnc21. The summed E-state index contributed by atoms with van der Waals surface area (Å²) in [7, 11) is -1.87. The lowest BCUT2D eigenvalue weighted by atomic mass is 10.2. The van der Waals surface area contributed by atoms with E-state index in [9.17, 15) is 4.79 Å². The van der Waals surface area contributed by atoms with E-state index in [-0.39, 0.29) is 0 Å². The van der Waals surface area contributed by atoms with Crippen LogP contribution >= 0.6 is 0 Å². The van der Waals surface area contributed by atoms with E-state index >= 15 is 0 Å². The molecule has 0 fully saturated rings. The number of fused-ring (bicyclic) bond motifs is 1. The molecule has 0 unspecified atom stereocenters. The Balaban J connectivity index is 2.86. The molecule has 0 spiro atoms. The molecule has 0 aromatic carbocycles. The van der Waals surface area contributed by atoms with Crippen molar-refractivity contribution in [2.24, 2.45) is 0 Å². The lowest BCUT2D eigenvalue weighted by Crippen LogP contribution is -2.51. The first-order valence-electron chi connectivity index (χ1n) is 7.79. The van der Waals surface area contributed by atoms with Gasteiger partial charge in [-0.25, -0.2) is 4.98 Å². The molecule has 0 aliphatic carbocycles. The lowest BCUT2D eigenvalue weighted by Gasteiger charge is -2.44. The lowest BCUT2D eigenvalue weighted by molar-refractivity contribution is 0.112. The van der Waals surface area contributed by atoms with Crippen LogP contribution in [0, 0.1) is 0 Å². The quantitative estimate of drug-likeness (QED) is 0.583. The summed E-state index contributed by atoms with van der Waals surface area (Å²) in [5.74, 6) is 0. The Morgan fingerprint density at radius 3 is 2.14 bits per heavy atom. The minimum Gasteiger partial charge on any atom is -0.358 e. The smallest absolute Gasteiger partial charge is 0.171 e. The van der Waals surface area contributed by atoms with Crippen molar-refractivity contribution in [2.75, 3.05) is 0 Å². The molecule has 0 saturated heterocycles. The van der Waals surface area contributed by atoms with E-state index in [0.29, 0.717) is 16.6 Å². The molecule has 0 bridgehead atoms. The molecule has 0 N–H and O–H groups in total. The van der Waals surface area contributed by atoms with Gasteiger partial charge in [-0.3, -0.25) is 4.79 Å². The average Bonchev–Trinajstić information content (AvgIpc) is 2.78.